The number of methoxy groups -OCH3 is 2. The number of anilines is 1. The number of amides is 2. The van der Waals surface area contributed by atoms with Crippen LogP contribution in [0.25, 0.3) is 0 Å². The lowest BCUT2D eigenvalue weighted by Gasteiger charge is -2.34. The molecule has 0 saturated heterocycles. The van der Waals surface area contributed by atoms with Crippen molar-refractivity contribution in [3.8, 4) is 11.5 Å². The summed E-state index contributed by atoms with van der Waals surface area (Å²) in [6.45, 7) is 5.34. The van der Waals surface area contributed by atoms with Crippen LogP contribution in [0.2, 0.25) is 0 Å². The average molecular weight is 658 g/mol. The van der Waals surface area contributed by atoms with Crippen molar-refractivity contribution in [3.63, 3.8) is 0 Å². The van der Waals surface area contributed by atoms with E-state index in [1.807, 2.05) is 81.4 Å². The molecule has 4 rings (SSSR count). The van der Waals surface area contributed by atoms with Gasteiger partial charge < -0.3 is 19.7 Å². The smallest absolute Gasteiger partial charge is 0.264 e. The average Bonchev–Trinajstić information content (AvgIpc) is 3.09. The molecule has 4 aromatic rings. The molecule has 0 aromatic heterocycles. The highest BCUT2D eigenvalue weighted by Gasteiger charge is 2.35. The van der Waals surface area contributed by atoms with E-state index in [4.69, 9.17) is 9.47 Å². The lowest BCUT2D eigenvalue weighted by molar-refractivity contribution is -0.140. The van der Waals surface area contributed by atoms with E-state index in [9.17, 15) is 18.0 Å². The van der Waals surface area contributed by atoms with Crippen LogP contribution < -0.4 is 19.1 Å². The Balaban J connectivity index is 1.81. The molecular weight excluding hydrogens is 614 g/mol. The number of carbonyl (C=O) groups excluding carboxylic acids is 2. The maximum absolute atomic E-state index is 14.6. The van der Waals surface area contributed by atoms with Gasteiger partial charge in [-0.25, -0.2) is 8.42 Å². The number of benzene rings is 4. The van der Waals surface area contributed by atoms with Gasteiger partial charge in [0, 0.05) is 25.1 Å². The van der Waals surface area contributed by atoms with Crippen molar-refractivity contribution in [2.45, 2.75) is 57.1 Å². The lowest BCUT2D eigenvalue weighted by Crippen LogP contribution is -2.54. The van der Waals surface area contributed by atoms with Crippen molar-refractivity contribution in [1.29, 1.82) is 0 Å². The van der Waals surface area contributed by atoms with Gasteiger partial charge in [-0.1, -0.05) is 85.3 Å². The van der Waals surface area contributed by atoms with E-state index in [0.717, 1.165) is 21.0 Å². The molecule has 0 unspecified atom stereocenters. The largest absolute Gasteiger partial charge is 0.493 e. The fourth-order valence-electron chi connectivity index (χ4n) is 5.12. The van der Waals surface area contributed by atoms with Crippen molar-refractivity contribution in [2.24, 2.45) is 0 Å². The van der Waals surface area contributed by atoms with Gasteiger partial charge in [0.25, 0.3) is 10.0 Å². The van der Waals surface area contributed by atoms with E-state index in [2.05, 4.69) is 5.32 Å². The molecule has 248 valence electrons. The Morgan fingerprint density at radius 1 is 0.809 bits per heavy atom. The van der Waals surface area contributed by atoms with Crippen molar-refractivity contribution < 1.29 is 27.5 Å². The van der Waals surface area contributed by atoms with Gasteiger partial charge >= 0.3 is 0 Å². The number of carbonyl (C=O) groups is 2. The number of nitrogens with one attached hydrogen (secondary N) is 1. The molecule has 0 radical (unpaired) electrons. The number of hydrogen-bond donors (Lipinski definition) is 1. The highest BCUT2D eigenvalue weighted by molar-refractivity contribution is 7.92. The summed E-state index contributed by atoms with van der Waals surface area (Å²) in [7, 11) is -1.41. The number of ether oxygens (including phenoxy) is 2. The third-order valence-corrected chi connectivity index (χ3v) is 9.78. The first kappa shape index (κ1) is 35.0. The van der Waals surface area contributed by atoms with Gasteiger partial charge in [0.05, 0.1) is 24.8 Å². The summed E-state index contributed by atoms with van der Waals surface area (Å²) in [6, 6.07) is 29.0. The maximum atomic E-state index is 14.6. The third-order valence-electron chi connectivity index (χ3n) is 8.01. The molecule has 0 aliphatic heterocycles. The second kappa shape index (κ2) is 16.1. The third kappa shape index (κ3) is 8.92. The molecule has 10 heteroatoms. The molecule has 0 heterocycles. The molecule has 47 heavy (non-hydrogen) atoms. The minimum Gasteiger partial charge on any atom is -0.493 e. The summed E-state index contributed by atoms with van der Waals surface area (Å²) in [4.78, 5) is 29.9. The Morgan fingerprint density at radius 3 is 1.98 bits per heavy atom. The summed E-state index contributed by atoms with van der Waals surface area (Å²) >= 11 is 0. The minimum atomic E-state index is -4.30. The molecule has 0 saturated carbocycles. The molecular formula is C37H43N3O6S. The summed E-state index contributed by atoms with van der Waals surface area (Å²) < 4.78 is 40.5. The van der Waals surface area contributed by atoms with Crippen LogP contribution in [0.5, 0.6) is 11.5 Å². The van der Waals surface area contributed by atoms with Crippen molar-refractivity contribution in [3.05, 3.63) is 120 Å². The van der Waals surface area contributed by atoms with Crippen LogP contribution in [0.15, 0.2) is 108 Å². The molecule has 1 N–H and O–H groups in total. The predicted molar refractivity (Wildman–Crippen MR) is 184 cm³/mol. The van der Waals surface area contributed by atoms with Crippen LogP contribution >= 0.6 is 0 Å². The van der Waals surface area contributed by atoms with E-state index >= 15 is 0 Å². The fraction of sp³-hybridized carbons (Fsp3) is 0.297. The van der Waals surface area contributed by atoms with E-state index in [1.165, 1.54) is 37.3 Å². The van der Waals surface area contributed by atoms with Gasteiger partial charge in [-0.2, -0.15) is 0 Å². The highest BCUT2D eigenvalue weighted by Crippen LogP contribution is 2.32. The maximum Gasteiger partial charge on any atom is 0.264 e. The van der Waals surface area contributed by atoms with Gasteiger partial charge in [0.2, 0.25) is 11.8 Å². The normalized spacial score (nSPS) is 12.4. The van der Waals surface area contributed by atoms with Crippen LogP contribution in [-0.4, -0.2) is 58.0 Å². The minimum absolute atomic E-state index is 0.0755. The van der Waals surface area contributed by atoms with Crippen LogP contribution in [0.4, 0.5) is 5.69 Å². The second-order valence-electron chi connectivity index (χ2n) is 11.4. The zero-order valence-electron chi connectivity index (χ0n) is 27.6. The van der Waals surface area contributed by atoms with Gasteiger partial charge in [0.1, 0.15) is 12.6 Å². The van der Waals surface area contributed by atoms with Gasteiger partial charge in [0.15, 0.2) is 11.5 Å². The standard InChI is InChI=1S/C37H43N3O6S/c1-6-28(3)38-37(42)33(23-29-13-9-7-10-14-29)39(25-30-15-11-8-12-16-30)36(41)26-40(31-19-17-27(2)18-20-31)47(43,44)32-21-22-34(45-4)35(24-32)46-5/h7-22,24,28,33H,6,23,25-26H2,1-5H3,(H,38,42)/t28-,33+/m1/s1. The zero-order valence-corrected chi connectivity index (χ0v) is 28.4. The molecule has 4 aromatic carbocycles. The molecule has 2 atom stereocenters. The Kier molecular flexibility index (Phi) is 12.0. The number of rotatable bonds is 15. The monoisotopic (exact) mass is 657 g/mol. The van der Waals surface area contributed by atoms with Crippen LogP contribution in [-0.2, 0) is 32.6 Å². The van der Waals surface area contributed by atoms with E-state index in [1.54, 1.807) is 24.3 Å². The topological polar surface area (TPSA) is 105 Å². The van der Waals surface area contributed by atoms with Crippen molar-refractivity contribution in [1.82, 2.24) is 10.2 Å². The van der Waals surface area contributed by atoms with E-state index in [0.29, 0.717) is 17.9 Å². The van der Waals surface area contributed by atoms with E-state index in [-0.39, 0.29) is 35.6 Å². The Hall–Kier alpha value is -4.83. The van der Waals surface area contributed by atoms with Gasteiger partial charge in [-0.05, 0) is 55.7 Å². The SMILES string of the molecule is CC[C@@H](C)NC(=O)[C@H](Cc1ccccc1)N(Cc1ccccc1)C(=O)CN(c1ccc(C)cc1)S(=O)(=O)c1ccc(OC)c(OC)c1. The Labute approximate surface area is 278 Å². The molecule has 2 amide bonds. The number of hydrogen-bond acceptors (Lipinski definition) is 6. The number of nitrogens with zero attached hydrogens (tertiary/aromatic N) is 2. The van der Waals surface area contributed by atoms with Crippen LogP contribution in [0.3, 0.4) is 0 Å². The molecule has 0 fully saturated rings. The molecule has 0 spiro atoms. The molecule has 9 nitrogen and oxygen atoms in total. The van der Waals surface area contributed by atoms with Crippen LogP contribution in [0.1, 0.15) is 37.0 Å². The molecule has 0 aliphatic carbocycles. The molecule has 0 bridgehead atoms. The molecule has 0 aliphatic rings. The summed E-state index contributed by atoms with van der Waals surface area (Å²) in [5, 5.41) is 3.05. The summed E-state index contributed by atoms with van der Waals surface area (Å²) in [6.07, 6.45) is 0.954. The first-order valence-corrected chi connectivity index (χ1v) is 17.0. The number of aryl methyl sites for hydroxylation is 1. The quantitative estimate of drug-likeness (QED) is 0.174. The predicted octanol–water partition coefficient (Wildman–Crippen LogP) is 5.76. The highest BCUT2D eigenvalue weighted by atomic mass is 32.2. The Morgan fingerprint density at radius 2 is 1.40 bits per heavy atom. The van der Waals surface area contributed by atoms with Crippen LogP contribution in [0, 0.1) is 6.92 Å². The summed E-state index contributed by atoms with van der Waals surface area (Å²) in [5.41, 5.74) is 2.91. The van der Waals surface area contributed by atoms with E-state index < -0.39 is 28.5 Å². The zero-order chi connectivity index (χ0) is 34.0. The Bertz CT molecular complexity index is 1730. The fourth-order valence-corrected chi connectivity index (χ4v) is 6.55. The van der Waals surface area contributed by atoms with Crippen molar-refractivity contribution in [2.75, 3.05) is 25.1 Å². The first-order valence-electron chi connectivity index (χ1n) is 15.6. The van der Waals surface area contributed by atoms with Crippen molar-refractivity contribution >= 4 is 27.5 Å². The van der Waals surface area contributed by atoms with Gasteiger partial charge in [-0.15, -0.1) is 0 Å². The lowest BCUT2D eigenvalue weighted by atomic mass is 10.0. The summed E-state index contributed by atoms with van der Waals surface area (Å²) in [5.74, 6) is -0.232. The van der Waals surface area contributed by atoms with Gasteiger partial charge in [-0.3, -0.25) is 13.9 Å². The second-order valence-corrected chi connectivity index (χ2v) is 13.3. The first-order chi connectivity index (χ1) is 22.6. The number of sulfonamides is 1.